The van der Waals surface area contributed by atoms with Crippen LogP contribution >= 0.6 is 0 Å². The largest absolute Gasteiger partial charge is 0.444 e. The van der Waals surface area contributed by atoms with Crippen molar-refractivity contribution in [2.45, 2.75) is 57.8 Å². The minimum absolute atomic E-state index is 0.100. The van der Waals surface area contributed by atoms with Gasteiger partial charge in [0.15, 0.2) is 5.69 Å². The number of amides is 2. The van der Waals surface area contributed by atoms with Crippen LogP contribution in [0.4, 0.5) is 4.79 Å². The van der Waals surface area contributed by atoms with Gasteiger partial charge in [-0.05, 0) is 44.7 Å². The number of ether oxygens (including phenoxy) is 1. The topological polar surface area (TPSA) is 70.9 Å². The van der Waals surface area contributed by atoms with E-state index < -0.39 is 5.60 Å². The molecule has 2 aliphatic heterocycles. The Bertz CT molecular complexity index is 1580. The maximum absolute atomic E-state index is 14.5. The quantitative estimate of drug-likeness (QED) is 0.247. The number of hydrogen-bond donors (Lipinski definition) is 0. The molecule has 2 atom stereocenters. The van der Waals surface area contributed by atoms with Crippen molar-refractivity contribution >= 4 is 12.0 Å². The molecule has 3 aromatic carbocycles. The normalized spacial score (nSPS) is 19.1. The molecule has 1 aromatic heterocycles. The molecule has 0 radical (unpaired) electrons. The van der Waals surface area contributed by atoms with Gasteiger partial charge < -0.3 is 19.1 Å². The summed E-state index contributed by atoms with van der Waals surface area (Å²) in [7, 11) is 0. The number of carbonyl (C=O) groups is 2. The highest BCUT2D eigenvalue weighted by molar-refractivity contribution is 5.98. The van der Waals surface area contributed by atoms with Crippen LogP contribution < -0.4 is 0 Å². The third-order valence-corrected chi connectivity index (χ3v) is 8.64. The summed E-state index contributed by atoms with van der Waals surface area (Å²) in [6.07, 6.45) is 3.13. The Morgan fingerprint density at radius 3 is 2.13 bits per heavy atom. The fourth-order valence-corrected chi connectivity index (χ4v) is 6.51. The van der Waals surface area contributed by atoms with E-state index in [4.69, 9.17) is 9.72 Å². The molecular formula is C37H43N5O3. The number of benzene rings is 3. The molecule has 2 amide bonds. The van der Waals surface area contributed by atoms with Gasteiger partial charge in [0.25, 0.3) is 5.91 Å². The summed E-state index contributed by atoms with van der Waals surface area (Å²) in [5.74, 6) is -0.100. The number of imidazole rings is 1. The van der Waals surface area contributed by atoms with Crippen LogP contribution in [0.1, 0.15) is 54.8 Å². The third kappa shape index (κ3) is 7.28. The number of aromatic nitrogens is 2. The summed E-state index contributed by atoms with van der Waals surface area (Å²) in [4.78, 5) is 38.6. The second-order valence-corrected chi connectivity index (χ2v) is 13.1. The van der Waals surface area contributed by atoms with Crippen LogP contribution in [0, 0.1) is 0 Å². The first-order valence-corrected chi connectivity index (χ1v) is 16.0. The van der Waals surface area contributed by atoms with E-state index in [-0.39, 0.29) is 24.1 Å². The second-order valence-electron chi connectivity index (χ2n) is 13.1. The molecule has 4 aromatic rings. The lowest BCUT2D eigenvalue weighted by Gasteiger charge is -2.41. The molecular weight excluding hydrogens is 562 g/mol. The number of rotatable bonds is 7. The van der Waals surface area contributed by atoms with E-state index in [0.717, 1.165) is 42.9 Å². The van der Waals surface area contributed by atoms with Gasteiger partial charge in [-0.1, -0.05) is 91.0 Å². The Morgan fingerprint density at radius 1 is 0.822 bits per heavy atom. The molecule has 0 saturated carbocycles. The molecule has 0 spiro atoms. The van der Waals surface area contributed by atoms with Crippen molar-refractivity contribution in [3.05, 3.63) is 114 Å². The summed E-state index contributed by atoms with van der Waals surface area (Å²) in [5.41, 5.74) is 4.13. The van der Waals surface area contributed by atoms with Gasteiger partial charge in [0, 0.05) is 50.9 Å². The predicted molar refractivity (Wildman–Crippen MR) is 176 cm³/mol. The van der Waals surface area contributed by atoms with E-state index in [9.17, 15) is 9.59 Å². The zero-order chi connectivity index (χ0) is 31.4. The van der Waals surface area contributed by atoms with Crippen molar-refractivity contribution in [3.8, 4) is 11.3 Å². The molecule has 2 aliphatic rings. The number of hydrogen-bond acceptors (Lipinski definition) is 5. The SMILES string of the molecule is CC(C)(C)OC(=O)N1CCN(C(=O)c2ncn([C@@H]3CCN(Cc4ccccc4)C3)c2-c2ccccc2)[C@H](Cc2ccccc2)C1. The highest BCUT2D eigenvalue weighted by Crippen LogP contribution is 2.33. The lowest BCUT2D eigenvalue weighted by molar-refractivity contribution is 0.00429. The van der Waals surface area contributed by atoms with Crippen LogP contribution in [0.2, 0.25) is 0 Å². The average molecular weight is 606 g/mol. The molecule has 234 valence electrons. The first-order chi connectivity index (χ1) is 21.7. The van der Waals surface area contributed by atoms with E-state index in [1.165, 1.54) is 5.56 Å². The van der Waals surface area contributed by atoms with Crippen LogP contribution in [0.25, 0.3) is 11.3 Å². The van der Waals surface area contributed by atoms with E-state index in [0.29, 0.717) is 31.7 Å². The molecule has 6 rings (SSSR count). The zero-order valence-corrected chi connectivity index (χ0v) is 26.5. The highest BCUT2D eigenvalue weighted by Gasteiger charge is 2.37. The van der Waals surface area contributed by atoms with Crippen molar-refractivity contribution in [1.29, 1.82) is 0 Å². The van der Waals surface area contributed by atoms with Gasteiger partial charge in [0.05, 0.1) is 18.1 Å². The molecule has 8 heteroatoms. The molecule has 3 heterocycles. The van der Waals surface area contributed by atoms with Gasteiger partial charge in [0.1, 0.15) is 5.60 Å². The Morgan fingerprint density at radius 2 is 1.47 bits per heavy atom. The number of nitrogens with zero attached hydrogens (tertiary/aromatic N) is 5. The van der Waals surface area contributed by atoms with Gasteiger partial charge in [-0.15, -0.1) is 0 Å². The Labute approximate surface area is 266 Å². The van der Waals surface area contributed by atoms with Gasteiger partial charge in [0.2, 0.25) is 0 Å². The number of likely N-dealkylation sites (tertiary alicyclic amines) is 1. The minimum atomic E-state index is -0.590. The van der Waals surface area contributed by atoms with Crippen molar-refractivity contribution in [2.75, 3.05) is 32.7 Å². The molecule has 8 nitrogen and oxygen atoms in total. The molecule has 2 fully saturated rings. The van der Waals surface area contributed by atoms with Crippen molar-refractivity contribution < 1.29 is 14.3 Å². The first-order valence-electron chi connectivity index (χ1n) is 16.0. The molecule has 0 bridgehead atoms. The molecule has 45 heavy (non-hydrogen) atoms. The predicted octanol–water partition coefficient (Wildman–Crippen LogP) is 6.30. The third-order valence-electron chi connectivity index (χ3n) is 8.64. The fraction of sp³-hybridized carbons (Fsp3) is 0.378. The lowest BCUT2D eigenvalue weighted by Crippen LogP contribution is -2.58. The van der Waals surface area contributed by atoms with Crippen molar-refractivity contribution in [3.63, 3.8) is 0 Å². The fourth-order valence-electron chi connectivity index (χ4n) is 6.51. The van der Waals surface area contributed by atoms with Gasteiger partial charge >= 0.3 is 6.09 Å². The van der Waals surface area contributed by atoms with E-state index in [1.54, 1.807) is 4.90 Å². The van der Waals surface area contributed by atoms with Gasteiger partial charge in [-0.25, -0.2) is 9.78 Å². The smallest absolute Gasteiger partial charge is 0.410 e. The lowest BCUT2D eigenvalue weighted by atomic mass is 10.0. The maximum atomic E-state index is 14.5. The Kier molecular flexibility index (Phi) is 9.03. The van der Waals surface area contributed by atoms with Gasteiger partial charge in [-0.2, -0.15) is 0 Å². The maximum Gasteiger partial charge on any atom is 0.410 e. The number of carbonyl (C=O) groups excluding carboxylic acids is 2. The first kappa shape index (κ1) is 30.6. The van der Waals surface area contributed by atoms with Gasteiger partial charge in [-0.3, -0.25) is 9.69 Å². The monoisotopic (exact) mass is 605 g/mol. The minimum Gasteiger partial charge on any atom is -0.444 e. The van der Waals surface area contributed by atoms with Crippen LogP contribution in [-0.4, -0.2) is 80.6 Å². The average Bonchev–Trinajstić information content (AvgIpc) is 3.69. The highest BCUT2D eigenvalue weighted by atomic mass is 16.6. The molecule has 0 aliphatic carbocycles. The summed E-state index contributed by atoms with van der Waals surface area (Å²) in [6, 6.07) is 30.8. The summed E-state index contributed by atoms with van der Waals surface area (Å²) in [5, 5.41) is 0. The van der Waals surface area contributed by atoms with Crippen LogP contribution in [0.5, 0.6) is 0 Å². The Hall–Kier alpha value is -4.43. The van der Waals surface area contributed by atoms with Crippen LogP contribution in [0.15, 0.2) is 97.3 Å². The van der Waals surface area contributed by atoms with Crippen molar-refractivity contribution in [1.82, 2.24) is 24.3 Å². The number of piperazine rings is 1. The molecule has 2 saturated heterocycles. The standard InChI is InChI=1S/C37H43N5O3/c1-37(2,3)45-36(44)40-21-22-41(32(26-40)23-28-13-7-4-8-14-28)35(43)33-34(30-17-11-6-12-18-30)42(27-38-33)31-19-20-39(25-31)24-29-15-9-5-10-16-29/h4-18,27,31-32H,19-26H2,1-3H3/t31-,32-/m1/s1. The summed E-state index contributed by atoms with van der Waals surface area (Å²) < 4.78 is 7.92. The molecule has 0 N–H and O–H groups in total. The van der Waals surface area contributed by atoms with E-state index >= 15 is 0 Å². The second kappa shape index (κ2) is 13.3. The van der Waals surface area contributed by atoms with Crippen molar-refractivity contribution in [2.24, 2.45) is 0 Å². The summed E-state index contributed by atoms with van der Waals surface area (Å²) >= 11 is 0. The Balaban J connectivity index is 1.28. The van der Waals surface area contributed by atoms with Crippen LogP contribution in [0.3, 0.4) is 0 Å². The van der Waals surface area contributed by atoms with E-state index in [2.05, 4.69) is 58.0 Å². The zero-order valence-electron chi connectivity index (χ0n) is 26.5. The molecule has 0 unspecified atom stereocenters. The van der Waals surface area contributed by atoms with E-state index in [1.807, 2.05) is 74.5 Å². The summed E-state index contributed by atoms with van der Waals surface area (Å²) in [6.45, 7) is 9.62. The van der Waals surface area contributed by atoms with Crippen LogP contribution in [-0.2, 0) is 17.7 Å².